The van der Waals surface area contributed by atoms with E-state index in [1.807, 2.05) is 30.3 Å². The summed E-state index contributed by atoms with van der Waals surface area (Å²) < 4.78 is 13.4. The molecule has 0 spiro atoms. The highest BCUT2D eigenvalue weighted by Gasteiger charge is 2.23. The summed E-state index contributed by atoms with van der Waals surface area (Å²) in [6, 6.07) is 14.9. The van der Waals surface area contributed by atoms with E-state index in [1.165, 1.54) is 24.3 Å². The number of hydrogen-bond acceptors (Lipinski definition) is 5. The highest BCUT2D eigenvalue weighted by molar-refractivity contribution is 6.38. The molecule has 2 heterocycles. The second-order valence-corrected chi connectivity index (χ2v) is 7.65. The van der Waals surface area contributed by atoms with Crippen molar-refractivity contribution in [1.82, 2.24) is 15.1 Å². The summed E-state index contributed by atoms with van der Waals surface area (Å²) >= 11 is 6.71. The zero-order chi connectivity index (χ0) is 21.8. The standard InChI is InChI=1S/C23H21ClFN5O/c24-20-19(21(26)15-8-10-17(25)11-9-15)23(27-14-18(31)30-12-4-5-13-30)29-28-22(20)16-6-2-1-3-7-16/h1-3,6-11,26H,4-5,12-14H2,(H,27,29). The first-order valence-electron chi connectivity index (χ1n) is 10.0. The van der Waals surface area contributed by atoms with Crippen LogP contribution in [0.3, 0.4) is 0 Å². The fourth-order valence-corrected chi connectivity index (χ4v) is 3.88. The van der Waals surface area contributed by atoms with Gasteiger partial charge in [0.2, 0.25) is 5.91 Å². The molecule has 6 nitrogen and oxygen atoms in total. The van der Waals surface area contributed by atoms with Crippen molar-refractivity contribution in [2.24, 2.45) is 0 Å². The van der Waals surface area contributed by atoms with Crippen molar-refractivity contribution in [3.8, 4) is 11.3 Å². The van der Waals surface area contributed by atoms with Crippen LogP contribution in [0.5, 0.6) is 0 Å². The van der Waals surface area contributed by atoms with E-state index in [1.54, 1.807) is 4.90 Å². The van der Waals surface area contributed by atoms with Crippen LogP contribution in [0.25, 0.3) is 11.3 Å². The van der Waals surface area contributed by atoms with E-state index in [4.69, 9.17) is 17.0 Å². The lowest BCUT2D eigenvalue weighted by atomic mass is 10.0. The number of hydrogen-bond donors (Lipinski definition) is 2. The predicted molar refractivity (Wildman–Crippen MR) is 119 cm³/mol. The van der Waals surface area contributed by atoms with Crippen LogP contribution >= 0.6 is 11.6 Å². The van der Waals surface area contributed by atoms with Crippen molar-refractivity contribution in [3.63, 3.8) is 0 Å². The first kappa shape index (κ1) is 20.9. The van der Waals surface area contributed by atoms with Crippen LogP contribution in [0, 0.1) is 11.2 Å². The maximum atomic E-state index is 13.4. The van der Waals surface area contributed by atoms with E-state index in [0.717, 1.165) is 31.5 Å². The van der Waals surface area contributed by atoms with E-state index < -0.39 is 5.82 Å². The number of rotatable bonds is 6. The molecule has 1 aliphatic heterocycles. The molecule has 0 radical (unpaired) electrons. The molecular weight excluding hydrogens is 417 g/mol. The number of anilines is 1. The topological polar surface area (TPSA) is 82.0 Å². The number of benzene rings is 2. The first-order chi connectivity index (χ1) is 15.0. The molecule has 8 heteroatoms. The number of carbonyl (C=O) groups is 1. The summed E-state index contributed by atoms with van der Waals surface area (Å²) in [5.41, 5.74) is 2.04. The smallest absolute Gasteiger partial charge is 0.241 e. The van der Waals surface area contributed by atoms with Crippen molar-refractivity contribution in [2.75, 3.05) is 25.0 Å². The van der Waals surface area contributed by atoms with Gasteiger partial charge in [0.15, 0.2) is 5.82 Å². The fraction of sp³-hybridized carbons (Fsp3) is 0.217. The third-order valence-electron chi connectivity index (χ3n) is 5.21. The average Bonchev–Trinajstić information content (AvgIpc) is 3.33. The molecule has 1 saturated heterocycles. The minimum Gasteiger partial charge on any atom is -0.359 e. The molecule has 0 saturated carbocycles. The van der Waals surface area contributed by atoms with E-state index in [-0.39, 0.29) is 29.0 Å². The molecule has 0 aliphatic carbocycles. The van der Waals surface area contributed by atoms with Crippen LogP contribution in [0.1, 0.15) is 24.0 Å². The van der Waals surface area contributed by atoms with Crippen LogP contribution in [0.4, 0.5) is 10.2 Å². The Balaban J connectivity index is 1.71. The summed E-state index contributed by atoms with van der Waals surface area (Å²) in [4.78, 5) is 14.3. The molecule has 158 valence electrons. The van der Waals surface area contributed by atoms with Crippen molar-refractivity contribution in [1.29, 1.82) is 5.41 Å². The van der Waals surface area contributed by atoms with Gasteiger partial charge in [-0.05, 0) is 37.1 Å². The second-order valence-electron chi connectivity index (χ2n) is 7.28. The normalized spacial score (nSPS) is 13.3. The van der Waals surface area contributed by atoms with Gasteiger partial charge in [-0.2, -0.15) is 0 Å². The summed E-state index contributed by atoms with van der Waals surface area (Å²) in [5.74, 6) is -0.191. The third-order valence-corrected chi connectivity index (χ3v) is 5.58. The SMILES string of the molecule is N=C(c1ccc(F)cc1)c1c(NCC(=O)N2CCCC2)nnc(-c2ccccc2)c1Cl. The van der Waals surface area contributed by atoms with Crippen molar-refractivity contribution in [2.45, 2.75) is 12.8 Å². The molecule has 2 N–H and O–H groups in total. The molecule has 0 atom stereocenters. The van der Waals surface area contributed by atoms with E-state index in [0.29, 0.717) is 16.8 Å². The van der Waals surface area contributed by atoms with Crippen LogP contribution in [0.2, 0.25) is 5.02 Å². The van der Waals surface area contributed by atoms with Gasteiger partial charge in [-0.25, -0.2) is 4.39 Å². The number of nitrogens with zero attached hydrogens (tertiary/aromatic N) is 3. The Morgan fingerprint density at radius 1 is 1.06 bits per heavy atom. The van der Waals surface area contributed by atoms with Crippen LogP contribution in [-0.2, 0) is 4.79 Å². The van der Waals surface area contributed by atoms with E-state index in [9.17, 15) is 9.18 Å². The predicted octanol–water partition coefficient (Wildman–Crippen LogP) is 4.39. The Hall–Kier alpha value is -3.32. The number of carbonyl (C=O) groups excluding carboxylic acids is 1. The highest BCUT2D eigenvalue weighted by Crippen LogP contribution is 2.33. The van der Waals surface area contributed by atoms with Crippen LogP contribution in [0.15, 0.2) is 54.6 Å². The lowest BCUT2D eigenvalue weighted by Gasteiger charge is -2.18. The number of halogens is 2. The molecule has 0 bridgehead atoms. The lowest BCUT2D eigenvalue weighted by Crippen LogP contribution is -2.33. The minimum atomic E-state index is -0.393. The van der Waals surface area contributed by atoms with E-state index >= 15 is 0 Å². The van der Waals surface area contributed by atoms with Gasteiger partial charge >= 0.3 is 0 Å². The maximum Gasteiger partial charge on any atom is 0.241 e. The number of nitrogens with one attached hydrogen (secondary N) is 2. The molecule has 3 aromatic rings. The molecule has 0 unspecified atom stereocenters. The third kappa shape index (κ3) is 4.56. The molecule has 4 rings (SSSR count). The van der Waals surface area contributed by atoms with Crippen LogP contribution < -0.4 is 5.32 Å². The van der Waals surface area contributed by atoms with Gasteiger partial charge in [0.25, 0.3) is 0 Å². The van der Waals surface area contributed by atoms with Crippen LogP contribution in [-0.4, -0.2) is 46.4 Å². The molecule has 31 heavy (non-hydrogen) atoms. The Labute approximate surface area is 184 Å². The highest BCUT2D eigenvalue weighted by atomic mass is 35.5. The quantitative estimate of drug-likeness (QED) is 0.560. The average molecular weight is 438 g/mol. The van der Waals surface area contributed by atoms with E-state index in [2.05, 4.69) is 15.5 Å². The van der Waals surface area contributed by atoms with Gasteiger partial charge in [0, 0.05) is 24.2 Å². The molecule has 2 aromatic carbocycles. The van der Waals surface area contributed by atoms with Gasteiger partial charge < -0.3 is 10.2 Å². The number of aromatic nitrogens is 2. The molecule has 1 aromatic heterocycles. The van der Waals surface area contributed by atoms with Gasteiger partial charge in [-0.1, -0.05) is 41.9 Å². The van der Waals surface area contributed by atoms with Gasteiger partial charge in [-0.3, -0.25) is 10.2 Å². The summed E-state index contributed by atoms with van der Waals surface area (Å²) in [6.45, 7) is 1.52. The minimum absolute atomic E-state index is 0.0272. The zero-order valence-corrected chi connectivity index (χ0v) is 17.5. The second kappa shape index (κ2) is 9.22. The largest absolute Gasteiger partial charge is 0.359 e. The van der Waals surface area contributed by atoms with Crippen molar-refractivity contribution >= 4 is 29.0 Å². The summed E-state index contributed by atoms with van der Waals surface area (Å²) in [7, 11) is 0. The monoisotopic (exact) mass is 437 g/mol. The van der Waals surface area contributed by atoms with Gasteiger partial charge in [-0.15, -0.1) is 10.2 Å². The molecule has 1 fully saturated rings. The molecule has 1 amide bonds. The summed E-state index contributed by atoms with van der Waals surface area (Å²) in [6.07, 6.45) is 2.01. The number of likely N-dealkylation sites (tertiary alicyclic amines) is 1. The van der Waals surface area contributed by atoms with Gasteiger partial charge in [0.05, 0.1) is 22.8 Å². The zero-order valence-electron chi connectivity index (χ0n) is 16.7. The lowest BCUT2D eigenvalue weighted by molar-refractivity contribution is -0.128. The molecular formula is C23H21ClFN5O. The summed E-state index contributed by atoms with van der Waals surface area (Å²) in [5, 5.41) is 20.5. The number of amides is 1. The van der Waals surface area contributed by atoms with Crippen molar-refractivity contribution < 1.29 is 9.18 Å². The first-order valence-corrected chi connectivity index (χ1v) is 10.4. The Morgan fingerprint density at radius 3 is 2.42 bits per heavy atom. The molecule has 1 aliphatic rings. The van der Waals surface area contributed by atoms with Gasteiger partial charge in [0.1, 0.15) is 11.5 Å². The van der Waals surface area contributed by atoms with Crippen molar-refractivity contribution in [3.05, 3.63) is 76.6 Å². The Morgan fingerprint density at radius 2 is 1.74 bits per heavy atom. The fourth-order valence-electron chi connectivity index (χ4n) is 3.55. The Bertz CT molecular complexity index is 1100. The Kier molecular flexibility index (Phi) is 6.23. The maximum absolute atomic E-state index is 13.4.